The summed E-state index contributed by atoms with van der Waals surface area (Å²) in [6.45, 7) is 6.39. The van der Waals surface area contributed by atoms with Gasteiger partial charge in [0.05, 0.1) is 0 Å². The molecule has 0 fully saturated rings. The molecule has 0 aromatic carbocycles. The second kappa shape index (κ2) is 47.3. The van der Waals surface area contributed by atoms with Crippen molar-refractivity contribution in [3.8, 4) is 0 Å². The molecule has 0 radical (unpaired) electrons. The Kier molecular flexibility index (Phi) is 44.5. The summed E-state index contributed by atoms with van der Waals surface area (Å²) in [5.41, 5.74) is 0. The van der Waals surface area contributed by atoms with Gasteiger partial charge in [-0.05, 0) is 77.0 Å². The number of carbonyl (C=O) groups excluding carboxylic acids is 3. The van der Waals surface area contributed by atoms with Crippen molar-refractivity contribution in [1.29, 1.82) is 0 Å². The van der Waals surface area contributed by atoms with Crippen LogP contribution in [0, 0.1) is 0 Å². The Morgan fingerprint density at radius 2 is 0.712 bits per heavy atom. The molecule has 0 saturated heterocycles. The van der Waals surface area contributed by atoms with Gasteiger partial charge >= 0.3 is 17.9 Å². The predicted molar refractivity (Wildman–Crippen MR) is 251 cm³/mol. The van der Waals surface area contributed by atoms with E-state index in [4.69, 9.17) is 14.2 Å². The van der Waals surface area contributed by atoms with Gasteiger partial charge in [-0.2, -0.15) is 0 Å². The molecule has 0 rings (SSSR count). The molecule has 0 bridgehead atoms. The lowest BCUT2D eigenvalue weighted by Crippen LogP contribution is -2.30. The minimum Gasteiger partial charge on any atom is -0.462 e. The average molecular weight is 821 g/mol. The van der Waals surface area contributed by atoms with Gasteiger partial charge in [0.2, 0.25) is 0 Å². The van der Waals surface area contributed by atoms with Crippen molar-refractivity contribution >= 4 is 17.9 Å². The quantitative estimate of drug-likeness (QED) is 0.0264. The second-order valence-electron chi connectivity index (χ2n) is 15.6. The molecule has 336 valence electrons. The van der Waals surface area contributed by atoms with Crippen molar-refractivity contribution in [2.75, 3.05) is 13.2 Å². The molecule has 0 unspecified atom stereocenters. The van der Waals surface area contributed by atoms with Crippen LogP contribution in [-0.4, -0.2) is 37.2 Å². The van der Waals surface area contributed by atoms with Crippen LogP contribution in [0.15, 0.2) is 85.1 Å². The first-order valence-corrected chi connectivity index (χ1v) is 24.1. The molecule has 0 aliphatic carbocycles. The average Bonchev–Trinajstić information content (AvgIpc) is 3.23. The maximum absolute atomic E-state index is 12.7. The lowest BCUT2D eigenvalue weighted by Gasteiger charge is -2.18. The van der Waals surface area contributed by atoms with Crippen molar-refractivity contribution in [3.05, 3.63) is 85.1 Å². The number of esters is 3. The van der Waals surface area contributed by atoms with Crippen molar-refractivity contribution in [1.82, 2.24) is 0 Å². The van der Waals surface area contributed by atoms with E-state index in [1.165, 1.54) is 77.0 Å². The summed E-state index contributed by atoms with van der Waals surface area (Å²) < 4.78 is 16.6. The van der Waals surface area contributed by atoms with Crippen molar-refractivity contribution in [2.24, 2.45) is 0 Å². The normalized spacial score (nSPS) is 12.8. The van der Waals surface area contributed by atoms with Gasteiger partial charge in [0.15, 0.2) is 6.10 Å². The van der Waals surface area contributed by atoms with Crippen LogP contribution in [0.3, 0.4) is 0 Å². The zero-order valence-corrected chi connectivity index (χ0v) is 38.2. The first-order valence-electron chi connectivity index (χ1n) is 24.1. The molecule has 0 saturated carbocycles. The third kappa shape index (κ3) is 45.5. The monoisotopic (exact) mass is 821 g/mol. The molecule has 0 aliphatic rings. The highest BCUT2D eigenvalue weighted by molar-refractivity contribution is 5.71. The molecule has 0 aromatic heterocycles. The number of ether oxygens (including phenoxy) is 3. The van der Waals surface area contributed by atoms with Gasteiger partial charge in [-0.25, -0.2) is 0 Å². The maximum atomic E-state index is 12.7. The fourth-order valence-corrected chi connectivity index (χ4v) is 6.27. The molecular weight excluding hydrogens is 733 g/mol. The molecule has 0 N–H and O–H groups in total. The number of unbranched alkanes of at least 4 members (excludes halogenated alkanes) is 17. The Labute approximate surface area is 363 Å². The van der Waals surface area contributed by atoms with E-state index in [1.54, 1.807) is 0 Å². The third-order valence-corrected chi connectivity index (χ3v) is 9.90. The van der Waals surface area contributed by atoms with Crippen molar-refractivity contribution < 1.29 is 28.6 Å². The molecular formula is C53H88O6. The topological polar surface area (TPSA) is 78.9 Å². The van der Waals surface area contributed by atoms with Gasteiger partial charge in [-0.1, -0.05) is 202 Å². The molecule has 6 nitrogen and oxygen atoms in total. The SMILES string of the molecule is CC/C=C\C/C=C\C/C=C\C/C=C\C/C=C\C/C=C\CCC(=O)O[C@H](COC(=O)CCCCCCC/C=C\CCCC)COC(=O)CCCCCCCCCCCCC. The molecule has 0 aliphatic heterocycles. The summed E-state index contributed by atoms with van der Waals surface area (Å²) in [7, 11) is 0. The fraction of sp³-hybridized carbons (Fsp3) is 0.679. The number of rotatable bonds is 42. The predicted octanol–water partition coefficient (Wildman–Crippen LogP) is 15.6. The molecule has 0 amide bonds. The third-order valence-electron chi connectivity index (χ3n) is 9.90. The van der Waals surface area contributed by atoms with E-state index in [0.717, 1.165) is 89.9 Å². The fourth-order valence-electron chi connectivity index (χ4n) is 6.27. The van der Waals surface area contributed by atoms with Gasteiger partial charge in [-0.3, -0.25) is 14.4 Å². The highest BCUT2D eigenvalue weighted by atomic mass is 16.6. The number of carbonyl (C=O) groups is 3. The van der Waals surface area contributed by atoms with E-state index in [1.807, 2.05) is 12.2 Å². The summed E-state index contributed by atoms with van der Waals surface area (Å²) in [5, 5.41) is 0. The van der Waals surface area contributed by atoms with E-state index >= 15 is 0 Å². The van der Waals surface area contributed by atoms with E-state index in [0.29, 0.717) is 19.3 Å². The molecule has 0 heterocycles. The lowest BCUT2D eigenvalue weighted by atomic mass is 10.1. The molecule has 0 spiro atoms. The molecule has 1 atom stereocenters. The zero-order valence-electron chi connectivity index (χ0n) is 38.2. The maximum Gasteiger partial charge on any atom is 0.306 e. The summed E-state index contributed by atoms with van der Waals surface area (Å²) in [4.78, 5) is 37.8. The molecule has 6 heteroatoms. The summed E-state index contributed by atoms with van der Waals surface area (Å²) in [5.74, 6) is -1.01. The van der Waals surface area contributed by atoms with E-state index in [2.05, 4.69) is 93.7 Å². The number of allylic oxidation sites excluding steroid dienone is 14. The van der Waals surface area contributed by atoms with Gasteiger partial charge in [0.25, 0.3) is 0 Å². The standard InChI is InChI=1S/C53H88O6/c1-4-7-10-13-16-19-22-23-24-25-26-27-28-29-32-35-38-41-44-47-53(56)59-50(48-57-51(54)45-42-39-36-33-30-20-17-14-11-8-5-2)49-58-52(55)46-43-40-37-34-31-21-18-15-12-9-6-3/h7,10,14,16-17,19,23-24,26-27,29,32,38,41,50H,4-6,8-9,11-13,15,18,20-22,25,28,30-31,33-37,39-40,42-49H2,1-3H3/b10-7-,17-14-,19-16-,24-23-,27-26-,32-29-,41-38-/t50-/m1/s1. The van der Waals surface area contributed by atoms with E-state index in [9.17, 15) is 14.4 Å². The Bertz CT molecular complexity index is 1170. The van der Waals surface area contributed by atoms with Crippen LogP contribution < -0.4 is 0 Å². The number of hydrogen-bond donors (Lipinski definition) is 0. The number of hydrogen-bond acceptors (Lipinski definition) is 6. The Morgan fingerprint density at radius 1 is 0.356 bits per heavy atom. The Balaban J connectivity index is 4.51. The highest BCUT2D eigenvalue weighted by Gasteiger charge is 2.19. The van der Waals surface area contributed by atoms with Crippen LogP contribution in [0.25, 0.3) is 0 Å². The Morgan fingerprint density at radius 3 is 1.15 bits per heavy atom. The van der Waals surface area contributed by atoms with Crippen LogP contribution >= 0.6 is 0 Å². The van der Waals surface area contributed by atoms with Crippen molar-refractivity contribution in [3.63, 3.8) is 0 Å². The largest absolute Gasteiger partial charge is 0.462 e. The smallest absolute Gasteiger partial charge is 0.306 e. The molecule has 0 aromatic rings. The van der Waals surface area contributed by atoms with Crippen LogP contribution in [-0.2, 0) is 28.6 Å². The van der Waals surface area contributed by atoms with Gasteiger partial charge in [0.1, 0.15) is 13.2 Å². The van der Waals surface area contributed by atoms with E-state index < -0.39 is 12.1 Å². The summed E-state index contributed by atoms with van der Waals surface area (Å²) in [6.07, 6.45) is 60.1. The van der Waals surface area contributed by atoms with E-state index in [-0.39, 0.29) is 31.6 Å². The van der Waals surface area contributed by atoms with Crippen LogP contribution in [0.5, 0.6) is 0 Å². The van der Waals surface area contributed by atoms with Crippen LogP contribution in [0.4, 0.5) is 0 Å². The lowest BCUT2D eigenvalue weighted by molar-refractivity contribution is -0.166. The second-order valence-corrected chi connectivity index (χ2v) is 15.6. The first-order chi connectivity index (χ1) is 29.0. The zero-order chi connectivity index (χ0) is 43.0. The van der Waals surface area contributed by atoms with Gasteiger partial charge in [0, 0.05) is 19.3 Å². The summed E-state index contributed by atoms with van der Waals surface area (Å²) in [6, 6.07) is 0. The van der Waals surface area contributed by atoms with Crippen LogP contribution in [0.2, 0.25) is 0 Å². The van der Waals surface area contributed by atoms with Crippen molar-refractivity contribution in [2.45, 2.75) is 219 Å². The minimum atomic E-state index is -0.816. The first kappa shape index (κ1) is 55.6. The van der Waals surface area contributed by atoms with Crippen LogP contribution in [0.1, 0.15) is 213 Å². The van der Waals surface area contributed by atoms with Gasteiger partial charge < -0.3 is 14.2 Å². The molecule has 59 heavy (non-hydrogen) atoms. The Hall–Kier alpha value is -3.41. The highest BCUT2D eigenvalue weighted by Crippen LogP contribution is 2.13. The minimum absolute atomic E-state index is 0.108. The summed E-state index contributed by atoms with van der Waals surface area (Å²) >= 11 is 0. The van der Waals surface area contributed by atoms with Gasteiger partial charge in [-0.15, -0.1) is 0 Å².